The smallest absolute Gasteiger partial charge is 0.307 e. The molecule has 0 amide bonds. The largest absolute Gasteiger partial charge is 0.489 e. The Morgan fingerprint density at radius 1 is 1.64 bits per heavy atom. The highest BCUT2D eigenvalue weighted by atomic mass is 35.5. The normalized spacial score (nSPS) is 18.8. The summed E-state index contributed by atoms with van der Waals surface area (Å²) in [7, 11) is 0. The molecule has 0 saturated heterocycles. The fraction of sp³-hybridized carbons (Fsp3) is 0.300. The van der Waals surface area contributed by atoms with Crippen molar-refractivity contribution >= 4 is 17.6 Å². The molecule has 1 aromatic rings. The van der Waals surface area contributed by atoms with Gasteiger partial charge in [-0.15, -0.1) is 0 Å². The van der Waals surface area contributed by atoms with E-state index in [0.29, 0.717) is 17.2 Å². The molecule has 1 aliphatic rings. The van der Waals surface area contributed by atoms with E-state index in [-0.39, 0.29) is 12.5 Å². The number of fused-ring (bicyclic) bond motifs is 1. The van der Waals surface area contributed by atoms with Gasteiger partial charge in [-0.3, -0.25) is 4.79 Å². The van der Waals surface area contributed by atoms with Crippen molar-refractivity contribution < 1.29 is 14.6 Å². The van der Waals surface area contributed by atoms with E-state index < -0.39 is 5.97 Å². The summed E-state index contributed by atoms with van der Waals surface area (Å²) < 4.78 is 5.43. The van der Waals surface area contributed by atoms with Gasteiger partial charge in [-0.1, -0.05) is 17.7 Å². The highest BCUT2D eigenvalue weighted by molar-refractivity contribution is 6.30. The Morgan fingerprint density at radius 2 is 2.43 bits per heavy atom. The number of benzene rings is 1. The Morgan fingerprint density at radius 3 is 3.14 bits per heavy atom. The molecule has 4 heteroatoms. The molecular weight excluding hydrogens is 204 g/mol. The van der Waals surface area contributed by atoms with Crippen LogP contribution in [0.2, 0.25) is 5.02 Å². The molecule has 0 bridgehead atoms. The highest BCUT2D eigenvalue weighted by Crippen LogP contribution is 2.32. The summed E-state index contributed by atoms with van der Waals surface area (Å²) in [6.07, 6.45) is 0.437. The molecule has 1 N–H and O–H groups in total. The number of hydrogen-bond acceptors (Lipinski definition) is 2. The molecule has 14 heavy (non-hydrogen) atoms. The average molecular weight is 213 g/mol. The Labute approximate surface area is 86.3 Å². The summed E-state index contributed by atoms with van der Waals surface area (Å²) in [6.45, 7) is 0. The van der Waals surface area contributed by atoms with Crippen LogP contribution in [0.15, 0.2) is 18.2 Å². The maximum atomic E-state index is 10.5. The molecule has 0 fully saturated rings. The molecule has 1 aliphatic heterocycles. The van der Waals surface area contributed by atoms with Crippen LogP contribution in [0.5, 0.6) is 5.75 Å². The number of rotatable bonds is 2. The number of carboxylic acids is 1. The van der Waals surface area contributed by atoms with E-state index in [4.69, 9.17) is 21.4 Å². The fourth-order valence-corrected chi connectivity index (χ4v) is 1.74. The minimum Gasteiger partial charge on any atom is -0.489 e. The van der Waals surface area contributed by atoms with Gasteiger partial charge in [0.15, 0.2) is 0 Å². The zero-order chi connectivity index (χ0) is 10.1. The van der Waals surface area contributed by atoms with Crippen LogP contribution in [0, 0.1) is 0 Å². The van der Waals surface area contributed by atoms with Gasteiger partial charge in [0.05, 0.1) is 6.42 Å². The molecule has 0 saturated carbocycles. The van der Waals surface area contributed by atoms with Gasteiger partial charge in [-0.05, 0) is 17.7 Å². The number of ether oxygens (including phenoxy) is 1. The van der Waals surface area contributed by atoms with Crippen LogP contribution < -0.4 is 4.74 Å². The van der Waals surface area contributed by atoms with E-state index in [2.05, 4.69) is 0 Å². The van der Waals surface area contributed by atoms with Crippen LogP contribution in [-0.4, -0.2) is 17.2 Å². The number of carbonyl (C=O) groups is 1. The molecule has 1 unspecified atom stereocenters. The van der Waals surface area contributed by atoms with Crippen LogP contribution in [0.1, 0.15) is 12.0 Å². The van der Waals surface area contributed by atoms with Crippen LogP contribution in [0.4, 0.5) is 0 Å². The number of hydrogen-bond donors (Lipinski definition) is 1. The van der Waals surface area contributed by atoms with Crippen molar-refractivity contribution in [3.63, 3.8) is 0 Å². The summed E-state index contributed by atoms with van der Waals surface area (Å²) in [5.74, 6) is -0.127. The van der Waals surface area contributed by atoms with E-state index in [9.17, 15) is 4.79 Å². The summed E-state index contributed by atoms with van der Waals surface area (Å²) in [6, 6.07) is 5.38. The van der Waals surface area contributed by atoms with Crippen molar-refractivity contribution in [2.45, 2.75) is 18.9 Å². The molecule has 1 heterocycles. The maximum Gasteiger partial charge on any atom is 0.307 e. The first-order valence-corrected chi connectivity index (χ1v) is 4.70. The Bertz CT molecular complexity index is 376. The maximum absolute atomic E-state index is 10.5. The van der Waals surface area contributed by atoms with Crippen molar-refractivity contribution in [2.75, 3.05) is 0 Å². The second-order valence-corrected chi connectivity index (χ2v) is 3.73. The Kier molecular flexibility index (Phi) is 2.33. The first-order valence-electron chi connectivity index (χ1n) is 4.32. The third kappa shape index (κ3) is 1.82. The van der Waals surface area contributed by atoms with Gasteiger partial charge in [-0.25, -0.2) is 0 Å². The van der Waals surface area contributed by atoms with Crippen molar-refractivity contribution in [1.82, 2.24) is 0 Å². The minimum atomic E-state index is -0.839. The van der Waals surface area contributed by atoms with Gasteiger partial charge in [0.2, 0.25) is 0 Å². The molecule has 0 spiro atoms. The van der Waals surface area contributed by atoms with Crippen molar-refractivity contribution in [3.05, 3.63) is 28.8 Å². The SMILES string of the molecule is O=C(O)CC1Cc2ccc(Cl)cc2O1. The van der Waals surface area contributed by atoms with E-state index in [0.717, 1.165) is 5.56 Å². The second-order valence-electron chi connectivity index (χ2n) is 3.29. The Balaban J connectivity index is 2.14. The summed E-state index contributed by atoms with van der Waals surface area (Å²) in [5.41, 5.74) is 1.03. The predicted octanol–water partition coefficient (Wildman–Crippen LogP) is 2.12. The third-order valence-electron chi connectivity index (χ3n) is 2.17. The van der Waals surface area contributed by atoms with E-state index in [1.165, 1.54) is 0 Å². The highest BCUT2D eigenvalue weighted by Gasteiger charge is 2.24. The molecule has 3 nitrogen and oxygen atoms in total. The van der Waals surface area contributed by atoms with Crippen LogP contribution in [-0.2, 0) is 11.2 Å². The van der Waals surface area contributed by atoms with Gasteiger partial charge in [0, 0.05) is 11.4 Å². The van der Waals surface area contributed by atoms with Gasteiger partial charge < -0.3 is 9.84 Å². The van der Waals surface area contributed by atoms with Gasteiger partial charge in [-0.2, -0.15) is 0 Å². The predicted molar refractivity (Wildman–Crippen MR) is 51.8 cm³/mol. The van der Waals surface area contributed by atoms with Gasteiger partial charge in [0.1, 0.15) is 11.9 Å². The number of aliphatic carboxylic acids is 1. The summed E-state index contributed by atoms with van der Waals surface area (Å²) in [4.78, 5) is 10.5. The molecule has 1 atom stereocenters. The molecule has 1 aromatic carbocycles. The van der Waals surface area contributed by atoms with Crippen LogP contribution >= 0.6 is 11.6 Å². The van der Waals surface area contributed by atoms with Crippen molar-refractivity contribution in [3.8, 4) is 5.75 Å². The summed E-state index contributed by atoms with van der Waals surface area (Å²) >= 11 is 5.78. The average Bonchev–Trinajstić information content (AvgIpc) is 2.44. The lowest BCUT2D eigenvalue weighted by Gasteiger charge is -2.06. The monoisotopic (exact) mass is 212 g/mol. The van der Waals surface area contributed by atoms with Crippen molar-refractivity contribution in [2.24, 2.45) is 0 Å². The van der Waals surface area contributed by atoms with Crippen molar-refractivity contribution in [1.29, 1.82) is 0 Å². The summed E-state index contributed by atoms with van der Waals surface area (Å²) in [5, 5.41) is 9.21. The lowest BCUT2D eigenvalue weighted by molar-refractivity contribution is -0.138. The molecule has 0 aliphatic carbocycles. The minimum absolute atomic E-state index is 0.0340. The third-order valence-corrected chi connectivity index (χ3v) is 2.41. The standard InChI is InChI=1S/C10H9ClO3/c11-7-2-1-6-3-8(5-10(12)13)14-9(6)4-7/h1-2,4,8H,3,5H2,(H,12,13). The van der Waals surface area contributed by atoms with Gasteiger partial charge in [0.25, 0.3) is 0 Å². The lowest BCUT2D eigenvalue weighted by Crippen LogP contribution is -2.17. The quantitative estimate of drug-likeness (QED) is 0.817. The zero-order valence-electron chi connectivity index (χ0n) is 7.37. The van der Waals surface area contributed by atoms with E-state index in [1.54, 1.807) is 12.1 Å². The lowest BCUT2D eigenvalue weighted by atomic mass is 10.1. The molecule has 0 radical (unpaired) electrons. The van der Waals surface area contributed by atoms with Crippen LogP contribution in [0.25, 0.3) is 0 Å². The second kappa shape index (κ2) is 3.50. The first-order chi connectivity index (χ1) is 6.65. The van der Waals surface area contributed by atoms with E-state index in [1.807, 2.05) is 6.07 Å². The first kappa shape index (κ1) is 9.34. The van der Waals surface area contributed by atoms with E-state index >= 15 is 0 Å². The topological polar surface area (TPSA) is 46.5 Å². The number of halogens is 1. The molecule has 0 aromatic heterocycles. The fourth-order valence-electron chi connectivity index (χ4n) is 1.58. The zero-order valence-corrected chi connectivity index (χ0v) is 8.12. The molecular formula is C10H9ClO3. The Hall–Kier alpha value is -1.22. The molecule has 2 rings (SSSR count). The van der Waals surface area contributed by atoms with Crippen LogP contribution in [0.3, 0.4) is 0 Å². The number of carboxylic acid groups (broad SMARTS) is 1. The molecule has 74 valence electrons. The van der Waals surface area contributed by atoms with Gasteiger partial charge >= 0.3 is 5.97 Å².